The fourth-order valence-corrected chi connectivity index (χ4v) is 4.85. The summed E-state index contributed by atoms with van der Waals surface area (Å²) in [5.74, 6) is -0.929. The van der Waals surface area contributed by atoms with E-state index in [1.54, 1.807) is 60.7 Å². The molecule has 3 aromatic carbocycles. The number of thiocarbonyl (C=S) groups is 1. The van der Waals surface area contributed by atoms with E-state index in [1.165, 1.54) is 27.4 Å². The SMILES string of the molecule is COc1ccc(OC)c(N2C(=O)C(=Cc3ccc(OC)c(CN4C(=O)c5ccccc5C4=O)c3)C(=O)NC2=S)c1. The Morgan fingerprint density at radius 2 is 1.45 bits per heavy atom. The Morgan fingerprint density at radius 1 is 0.800 bits per heavy atom. The van der Waals surface area contributed by atoms with Gasteiger partial charge in [-0.1, -0.05) is 18.2 Å². The molecule has 1 N–H and O–H groups in total. The average Bonchev–Trinajstić information content (AvgIpc) is 3.20. The van der Waals surface area contributed by atoms with E-state index >= 15 is 0 Å². The van der Waals surface area contributed by atoms with Crippen molar-refractivity contribution in [3.05, 3.63) is 88.5 Å². The molecule has 0 spiro atoms. The van der Waals surface area contributed by atoms with E-state index in [9.17, 15) is 19.2 Å². The summed E-state index contributed by atoms with van der Waals surface area (Å²) in [6.07, 6.45) is 1.41. The topological polar surface area (TPSA) is 114 Å². The van der Waals surface area contributed by atoms with Crippen LogP contribution in [0.4, 0.5) is 5.69 Å². The molecule has 2 heterocycles. The molecule has 40 heavy (non-hydrogen) atoms. The van der Waals surface area contributed by atoms with Crippen LogP contribution in [0.15, 0.2) is 66.2 Å². The molecule has 2 aliphatic heterocycles. The first-order chi connectivity index (χ1) is 19.3. The van der Waals surface area contributed by atoms with Crippen molar-refractivity contribution in [3.63, 3.8) is 0 Å². The van der Waals surface area contributed by atoms with Crippen LogP contribution in [0, 0.1) is 0 Å². The van der Waals surface area contributed by atoms with Gasteiger partial charge in [-0.15, -0.1) is 0 Å². The minimum absolute atomic E-state index is 0.0656. The molecule has 1 fully saturated rings. The van der Waals surface area contributed by atoms with E-state index in [1.807, 2.05) is 0 Å². The number of fused-ring (bicyclic) bond motifs is 1. The summed E-state index contributed by atoms with van der Waals surface area (Å²) in [6.45, 7) is -0.0656. The zero-order chi connectivity index (χ0) is 28.6. The number of ether oxygens (including phenoxy) is 3. The number of benzene rings is 3. The highest BCUT2D eigenvalue weighted by molar-refractivity contribution is 7.80. The van der Waals surface area contributed by atoms with Crippen molar-refractivity contribution in [2.75, 3.05) is 26.2 Å². The first-order valence-corrected chi connectivity index (χ1v) is 12.4. The van der Waals surface area contributed by atoms with E-state index in [4.69, 9.17) is 26.4 Å². The Hall–Kier alpha value is -5.03. The highest BCUT2D eigenvalue weighted by Crippen LogP contribution is 2.35. The van der Waals surface area contributed by atoms with Crippen LogP contribution in [0.3, 0.4) is 0 Å². The fraction of sp³-hybridized carbons (Fsp3) is 0.138. The van der Waals surface area contributed by atoms with Gasteiger partial charge in [-0.3, -0.25) is 29.4 Å². The number of nitrogens with one attached hydrogen (secondary N) is 1. The fourth-order valence-electron chi connectivity index (χ4n) is 4.58. The summed E-state index contributed by atoms with van der Waals surface area (Å²) < 4.78 is 16.1. The molecular formula is C29H23N3O7S. The van der Waals surface area contributed by atoms with Crippen LogP contribution in [-0.4, -0.2) is 55.0 Å². The number of carbonyl (C=O) groups excluding carboxylic acids is 4. The maximum Gasteiger partial charge on any atom is 0.270 e. The Morgan fingerprint density at radius 3 is 2.08 bits per heavy atom. The number of nitrogens with zero attached hydrogens (tertiary/aromatic N) is 2. The van der Waals surface area contributed by atoms with Crippen molar-refractivity contribution >= 4 is 52.7 Å². The number of anilines is 1. The molecule has 4 amide bonds. The third-order valence-corrected chi connectivity index (χ3v) is 6.84. The number of hydrogen-bond donors (Lipinski definition) is 1. The lowest BCUT2D eigenvalue weighted by Gasteiger charge is -2.30. The molecule has 0 saturated carbocycles. The van der Waals surface area contributed by atoms with E-state index < -0.39 is 23.6 Å². The Labute approximate surface area is 234 Å². The van der Waals surface area contributed by atoms with Gasteiger partial charge in [-0.25, -0.2) is 4.90 Å². The Bertz CT molecular complexity index is 1600. The zero-order valence-corrected chi connectivity index (χ0v) is 22.5. The van der Waals surface area contributed by atoms with Crippen molar-refractivity contribution in [2.24, 2.45) is 0 Å². The van der Waals surface area contributed by atoms with Gasteiger partial charge >= 0.3 is 0 Å². The summed E-state index contributed by atoms with van der Waals surface area (Å²) in [5.41, 5.74) is 1.75. The van der Waals surface area contributed by atoms with Crippen molar-refractivity contribution in [3.8, 4) is 17.2 Å². The van der Waals surface area contributed by atoms with Crippen molar-refractivity contribution in [2.45, 2.75) is 6.54 Å². The molecule has 0 aromatic heterocycles. The number of amides is 4. The second kappa shape index (κ2) is 10.6. The van der Waals surface area contributed by atoms with E-state index in [2.05, 4.69) is 5.32 Å². The predicted octanol–water partition coefficient (Wildman–Crippen LogP) is 3.34. The molecule has 2 aliphatic rings. The number of carbonyl (C=O) groups is 4. The van der Waals surface area contributed by atoms with Gasteiger partial charge in [0.15, 0.2) is 5.11 Å². The van der Waals surface area contributed by atoms with E-state index in [0.717, 1.165) is 9.80 Å². The van der Waals surface area contributed by atoms with Gasteiger partial charge in [-0.05, 0) is 60.3 Å². The van der Waals surface area contributed by atoms with Gasteiger partial charge in [0.2, 0.25) is 0 Å². The first-order valence-electron chi connectivity index (χ1n) is 12.0. The molecule has 1 saturated heterocycles. The number of imide groups is 1. The van der Waals surface area contributed by atoms with Crippen LogP contribution in [0.5, 0.6) is 17.2 Å². The maximum absolute atomic E-state index is 13.6. The van der Waals surface area contributed by atoms with Crippen LogP contribution in [-0.2, 0) is 16.1 Å². The quantitative estimate of drug-likeness (QED) is 0.204. The van der Waals surface area contributed by atoms with E-state index in [0.29, 0.717) is 45.2 Å². The molecule has 0 aliphatic carbocycles. The molecule has 10 nitrogen and oxygen atoms in total. The lowest BCUT2D eigenvalue weighted by atomic mass is 10.0. The van der Waals surface area contributed by atoms with Gasteiger partial charge < -0.3 is 14.2 Å². The molecule has 0 atom stereocenters. The highest BCUT2D eigenvalue weighted by atomic mass is 32.1. The van der Waals surface area contributed by atoms with Crippen molar-refractivity contribution < 1.29 is 33.4 Å². The van der Waals surface area contributed by atoms with Gasteiger partial charge in [0, 0.05) is 11.6 Å². The van der Waals surface area contributed by atoms with Crippen LogP contribution in [0.2, 0.25) is 0 Å². The van der Waals surface area contributed by atoms with Crippen molar-refractivity contribution in [1.29, 1.82) is 0 Å². The Kier molecular flexibility index (Phi) is 7.05. The molecule has 11 heteroatoms. The molecule has 5 rings (SSSR count). The third kappa shape index (κ3) is 4.56. The molecule has 0 bridgehead atoms. The second-order valence-electron chi connectivity index (χ2n) is 8.81. The first kappa shape index (κ1) is 26.6. The molecular weight excluding hydrogens is 534 g/mol. The highest BCUT2D eigenvalue weighted by Gasteiger charge is 2.37. The predicted molar refractivity (Wildman–Crippen MR) is 149 cm³/mol. The smallest absolute Gasteiger partial charge is 0.270 e. The van der Waals surface area contributed by atoms with E-state index in [-0.39, 0.29) is 17.2 Å². The van der Waals surface area contributed by atoms with Crippen LogP contribution < -0.4 is 24.4 Å². The summed E-state index contributed by atoms with van der Waals surface area (Å²) >= 11 is 5.32. The average molecular weight is 558 g/mol. The summed E-state index contributed by atoms with van der Waals surface area (Å²) in [4.78, 5) is 54.6. The number of methoxy groups -OCH3 is 3. The van der Waals surface area contributed by atoms with Crippen LogP contribution in [0.25, 0.3) is 6.08 Å². The lowest BCUT2D eigenvalue weighted by molar-refractivity contribution is -0.122. The summed E-state index contributed by atoms with van der Waals surface area (Å²) in [5, 5.41) is 2.43. The normalized spacial score (nSPS) is 15.9. The molecule has 0 unspecified atom stereocenters. The second-order valence-corrected chi connectivity index (χ2v) is 9.20. The van der Waals surface area contributed by atoms with Gasteiger partial charge in [0.1, 0.15) is 22.8 Å². The molecule has 202 valence electrons. The zero-order valence-electron chi connectivity index (χ0n) is 21.7. The lowest BCUT2D eigenvalue weighted by Crippen LogP contribution is -2.54. The summed E-state index contributed by atoms with van der Waals surface area (Å²) in [7, 11) is 4.40. The molecule has 0 radical (unpaired) electrons. The van der Waals surface area contributed by atoms with Crippen LogP contribution in [0.1, 0.15) is 31.8 Å². The number of hydrogen-bond acceptors (Lipinski definition) is 8. The third-order valence-electron chi connectivity index (χ3n) is 6.55. The van der Waals surface area contributed by atoms with Crippen molar-refractivity contribution in [1.82, 2.24) is 10.2 Å². The largest absolute Gasteiger partial charge is 0.497 e. The summed E-state index contributed by atoms with van der Waals surface area (Å²) in [6, 6.07) is 16.4. The molecule has 3 aromatic rings. The van der Waals surface area contributed by atoms with Gasteiger partial charge in [0.25, 0.3) is 23.6 Å². The minimum atomic E-state index is -0.675. The standard InChI is InChI=1S/C29H23N3O7S/c1-37-18-9-11-24(39-3)22(14-18)32-28(36)21(25(33)30-29(32)40)13-16-8-10-23(38-2)17(12-16)15-31-26(34)19-6-4-5-7-20(19)27(31)35/h4-14H,15H2,1-3H3,(H,30,33,40). The monoisotopic (exact) mass is 557 g/mol. The van der Waals surface area contributed by atoms with Gasteiger partial charge in [-0.2, -0.15) is 0 Å². The minimum Gasteiger partial charge on any atom is -0.497 e. The maximum atomic E-state index is 13.6. The number of rotatable bonds is 7. The Balaban J connectivity index is 1.50. The van der Waals surface area contributed by atoms with Gasteiger partial charge in [0.05, 0.1) is 44.7 Å². The van der Waals surface area contributed by atoms with Crippen LogP contribution >= 0.6 is 12.2 Å².